The van der Waals surface area contributed by atoms with Crippen molar-refractivity contribution < 1.29 is 0 Å². The van der Waals surface area contributed by atoms with Crippen molar-refractivity contribution in [2.75, 3.05) is 12.4 Å². The second-order valence-corrected chi connectivity index (χ2v) is 6.60. The van der Waals surface area contributed by atoms with Crippen LogP contribution in [-0.4, -0.2) is 18.3 Å². The first-order valence-electron chi connectivity index (χ1n) is 6.96. The van der Waals surface area contributed by atoms with E-state index in [1.807, 2.05) is 0 Å². The highest BCUT2D eigenvalue weighted by atomic mass is 32.2. The number of hydrogen-bond acceptors (Lipinski definition) is 4. The van der Waals surface area contributed by atoms with E-state index in [0.717, 1.165) is 30.7 Å². The minimum atomic E-state index is 0.368. The number of nitrogens with one attached hydrogen (secondary N) is 1. The molecule has 0 aromatic carbocycles. The van der Waals surface area contributed by atoms with Crippen molar-refractivity contribution in [1.82, 2.24) is 4.72 Å². The SMILES string of the molecule is NCC1(CC2=NCSN2)C2CCCC1CCC2. The number of nitrogens with zero attached hydrogens (tertiary/aromatic N) is 1. The number of aliphatic imine (C=N–C) groups is 1. The molecule has 0 radical (unpaired) electrons. The van der Waals surface area contributed by atoms with Gasteiger partial charge in [0.05, 0.1) is 0 Å². The molecule has 0 unspecified atom stereocenters. The Labute approximate surface area is 108 Å². The lowest BCUT2D eigenvalue weighted by Gasteiger charge is -2.53. The first kappa shape index (κ1) is 11.8. The Kier molecular flexibility index (Phi) is 3.35. The summed E-state index contributed by atoms with van der Waals surface area (Å²) in [5.41, 5.74) is 6.59. The zero-order valence-corrected chi connectivity index (χ0v) is 11.3. The molecule has 1 heterocycles. The molecule has 0 saturated heterocycles. The Morgan fingerprint density at radius 1 is 1.24 bits per heavy atom. The number of nitrogens with two attached hydrogens (primary N) is 1. The minimum Gasteiger partial charge on any atom is -0.330 e. The highest BCUT2D eigenvalue weighted by Crippen LogP contribution is 2.54. The summed E-state index contributed by atoms with van der Waals surface area (Å²) >= 11 is 1.71. The molecule has 3 aliphatic rings. The number of hydrogen-bond donors (Lipinski definition) is 2. The Morgan fingerprint density at radius 3 is 2.35 bits per heavy atom. The van der Waals surface area contributed by atoms with Crippen molar-refractivity contribution in [2.45, 2.75) is 44.9 Å². The summed E-state index contributed by atoms with van der Waals surface area (Å²) in [4.78, 5) is 4.56. The van der Waals surface area contributed by atoms with Crippen LogP contribution < -0.4 is 10.5 Å². The summed E-state index contributed by atoms with van der Waals surface area (Å²) in [7, 11) is 0. The highest BCUT2D eigenvalue weighted by molar-refractivity contribution is 7.98. The maximum absolute atomic E-state index is 6.22. The van der Waals surface area contributed by atoms with Crippen LogP contribution in [0.4, 0.5) is 0 Å². The van der Waals surface area contributed by atoms with E-state index < -0.39 is 0 Å². The third kappa shape index (κ3) is 1.99. The van der Waals surface area contributed by atoms with Crippen LogP contribution in [0, 0.1) is 17.3 Å². The monoisotopic (exact) mass is 253 g/mol. The molecule has 0 aromatic heterocycles. The fourth-order valence-corrected chi connectivity index (χ4v) is 4.94. The molecule has 0 amide bonds. The number of rotatable bonds is 3. The zero-order valence-electron chi connectivity index (χ0n) is 10.5. The molecule has 3 nitrogen and oxygen atoms in total. The molecular weight excluding hydrogens is 230 g/mol. The number of amidine groups is 1. The Morgan fingerprint density at radius 2 is 1.88 bits per heavy atom. The van der Waals surface area contributed by atoms with Crippen molar-refractivity contribution in [3.8, 4) is 0 Å². The average Bonchev–Trinajstić information content (AvgIpc) is 2.81. The van der Waals surface area contributed by atoms with E-state index in [1.54, 1.807) is 11.9 Å². The summed E-state index contributed by atoms with van der Waals surface area (Å²) < 4.78 is 3.36. The van der Waals surface area contributed by atoms with Gasteiger partial charge in [-0.25, -0.2) is 0 Å². The minimum absolute atomic E-state index is 0.368. The lowest BCUT2D eigenvalue weighted by molar-refractivity contribution is -0.00601. The lowest BCUT2D eigenvalue weighted by atomic mass is 9.53. The van der Waals surface area contributed by atoms with Crippen molar-refractivity contribution in [3.63, 3.8) is 0 Å². The maximum atomic E-state index is 6.22. The van der Waals surface area contributed by atoms with Crippen LogP contribution in [0.5, 0.6) is 0 Å². The van der Waals surface area contributed by atoms with Crippen LogP contribution >= 0.6 is 11.9 Å². The molecule has 2 fully saturated rings. The molecule has 3 N–H and O–H groups in total. The van der Waals surface area contributed by atoms with Crippen LogP contribution in [0.3, 0.4) is 0 Å². The van der Waals surface area contributed by atoms with E-state index >= 15 is 0 Å². The molecular formula is C13H23N3S. The van der Waals surface area contributed by atoms with Crippen LogP contribution in [0.1, 0.15) is 44.9 Å². The molecule has 17 heavy (non-hydrogen) atoms. The third-order valence-electron chi connectivity index (χ3n) is 5.22. The number of fused-ring (bicyclic) bond motifs is 2. The molecule has 0 spiro atoms. The summed E-state index contributed by atoms with van der Waals surface area (Å²) in [6.45, 7) is 0.855. The van der Waals surface area contributed by atoms with Crippen molar-refractivity contribution >= 4 is 17.8 Å². The second kappa shape index (κ2) is 4.81. The van der Waals surface area contributed by atoms with Gasteiger partial charge in [0, 0.05) is 6.42 Å². The fourth-order valence-electron chi connectivity index (χ4n) is 4.35. The Bertz CT molecular complexity index is 294. The van der Waals surface area contributed by atoms with Crippen LogP contribution in [0.15, 0.2) is 4.99 Å². The smallest absolute Gasteiger partial charge is 0.108 e. The van der Waals surface area contributed by atoms with Crippen molar-refractivity contribution in [1.29, 1.82) is 0 Å². The molecule has 2 aliphatic carbocycles. The fraction of sp³-hybridized carbons (Fsp3) is 0.923. The van der Waals surface area contributed by atoms with Gasteiger partial charge in [-0.3, -0.25) is 4.99 Å². The summed E-state index contributed by atoms with van der Waals surface area (Å²) in [5.74, 6) is 3.80. The molecule has 0 aromatic rings. The maximum Gasteiger partial charge on any atom is 0.108 e. The lowest BCUT2D eigenvalue weighted by Crippen LogP contribution is -2.51. The molecule has 3 rings (SSSR count). The van der Waals surface area contributed by atoms with Crippen LogP contribution in [0.25, 0.3) is 0 Å². The van der Waals surface area contributed by atoms with E-state index in [-0.39, 0.29) is 0 Å². The van der Waals surface area contributed by atoms with Crippen LogP contribution in [0.2, 0.25) is 0 Å². The van der Waals surface area contributed by atoms with E-state index in [2.05, 4.69) is 9.71 Å². The van der Waals surface area contributed by atoms with E-state index in [9.17, 15) is 0 Å². The summed E-state index contributed by atoms with van der Waals surface area (Å²) in [5, 5.41) is 0. The average molecular weight is 253 g/mol. The standard InChI is InChI=1S/C13H23N3S/c14-8-13(7-12-15-9-17-16-12)10-3-1-4-11(13)6-2-5-10/h10-11H,1-9,14H2,(H,15,16). The van der Waals surface area contributed by atoms with Gasteiger partial charge in [0.25, 0.3) is 0 Å². The van der Waals surface area contributed by atoms with Gasteiger partial charge in [0.2, 0.25) is 0 Å². The third-order valence-corrected chi connectivity index (χ3v) is 5.86. The van der Waals surface area contributed by atoms with Gasteiger partial charge >= 0.3 is 0 Å². The van der Waals surface area contributed by atoms with Gasteiger partial charge in [-0.2, -0.15) is 0 Å². The predicted molar refractivity (Wildman–Crippen MR) is 73.8 cm³/mol. The van der Waals surface area contributed by atoms with Gasteiger partial charge in [-0.1, -0.05) is 12.8 Å². The van der Waals surface area contributed by atoms with Gasteiger partial charge in [0.1, 0.15) is 11.7 Å². The topological polar surface area (TPSA) is 50.4 Å². The normalized spacial score (nSPS) is 40.9. The molecule has 4 heteroatoms. The van der Waals surface area contributed by atoms with Crippen molar-refractivity contribution in [2.24, 2.45) is 28.0 Å². The molecule has 2 saturated carbocycles. The largest absolute Gasteiger partial charge is 0.330 e. The van der Waals surface area contributed by atoms with Crippen LogP contribution in [-0.2, 0) is 0 Å². The van der Waals surface area contributed by atoms with E-state index in [0.29, 0.717) is 5.41 Å². The van der Waals surface area contributed by atoms with Gasteiger partial charge < -0.3 is 10.5 Å². The molecule has 96 valence electrons. The Balaban J connectivity index is 1.83. The first-order chi connectivity index (χ1) is 8.35. The first-order valence-corrected chi connectivity index (χ1v) is 7.95. The van der Waals surface area contributed by atoms with E-state index in [4.69, 9.17) is 5.73 Å². The van der Waals surface area contributed by atoms with Gasteiger partial charge in [-0.15, -0.1) is 0 Å². The summed E-state index contributed by atoms with van der Waals surface area (Å²) in [6.07, 6.45) is 9.54. The summed E-state index contributed by atoms with van der Waals surface area (Å²) in [6, 6.07) is 0. The predicted octanol–water partition coefficient (Wildman–Crippen LogP) is 2.53. The van der Waals surface area contributed by atoms with Gasteiger partial charge in [0.15, 0.2) is 0 Å². The Hall–Kier alpha value is -0.220. The molecule has 2 bridgehead atoms. The molecule has 1 aliphatic heterocycles. The van der Waals surface area contributed by atoms with Crippen molar-refractivity contribution in [3.05, 3.63) is 0 Å². The molecule has 0 atom stereocenters. The highest BCUT2D eigenvalue weighted by Gasteiger charge is 2.49. The second-order valence-electron chi connectivity index (χ2n) is 5.85. The van der Waals surface area contributed by atoms with E-state index in [1.165, 1.54) is 44.4 Å². The zero-order chi connectivity index (χ0) is 11.7. The quantitative estimate of drug-likeness (QED) is 0.760. The van der Waals surface area contributed by atoms with Gasteiger partial charge in [-0.05, 0) is 61.4 Å².